The van der Waals surface area contributed by atoms with E-state index < -0.39 is 5.97 Å². The van der Waals surface area contributed by atoms with Crippen LogP contribution in [0, 0.1) is 5.41 Å². The van der Waals surface area contributed by atoms with Crippen LogP contribution in [-0.2, 0) is 16.0 Å². The Morgan fingerprint density at radius 3 is 2.72 bits per heavy atom. The van der Waals surface area contributed by atoms with Gasteiger partial charge in [-0.1, -0.05) is 57.7 Å². The second-order valence-corrected chi connectivity index (χ2v) is 7.66. The molecule has 0 spiro atoms. The highest BCUT2D eigenvalue weighted by Crippen LogP contribution is 2.37. The minimum Gasteiger partial charge on any atom is -0.508 e. The van der Waals surface area contributed by atoms with Gasteiger partial charge in [0.15, 0.2) is 0 Å². The van der Waals surface area contributed by atoms with Crippen molar-refractivity contribution in [3.05, 3.63) is 65.8 Å². The maximum absolute atomic E-state index is 11.3. The number of phenolic OH excluding ortho intramolecular Hbond substituents is 1. The summed E-state index contributed by atoms with van der Waals surface area (Å²) in [6.45, 7) is 11.9. The fraction of sp³-hybridized carbons (Fsp3) is 0.409. The highest BCUT2D eigenvalue weighted by Gasteiger charge is 2.21. The molecule has 0 fully saturated rings. The Hall–Kier alpha value is -2.29. The number of allylic oxidation sites excluding steroid dienone is 4. The zero-order valence-electron chi connectivity index (χ0n) is 15.6. The fourth-order valence-electron chi connectivity index (χ4n) is 3.06. The van der Waals surface area contributed by atoms with Crippen LogP contribution in [0.4, 0.5) is 0 Å². The lowest BCUT2D eigenvalue weighted by molar-refractivity contribution is -0.142. The maximum Gasteiger partial charge on any atom is 0.330 e. The van der Waals surface area contributed by atoms with Gasteiger partial charge in [-0.25, -0.2) is 4.79 Å². The zero-order valence-corrected chi connectivity index (χ0v) is 15.6. The van der Waals surface area contributed by atoms with Gasteiger partial charge in [0.25, 0.3) is 0 Å². The van der Waals surface area contributed by atoms with E-state index in [4.69, 9.17) is 4.74 Å². The van der Waals surface area contributed by atoms with Gasteiger partial charge in [-0.15, -0.1) is 0 Å². The molecule has 3 heteroatoms. The fourth-order valence-corrected chi connectivity index (χ4v) is 3.06. The van der Waals surface area contributed by atoms with Crippen molar-refractivity contribution in [1.29, 1.82) is 0 Å². The zero-order chi connectivity index (χ0) is 18.6. The van der Waals surface area contributed by atoms with E-state index in [9.17, 15) is 9.90 Å². The first-order valence-electron chi connectivity index (χ1n) is 8.74. The highest BCUT2D eigenvalue weighted by atomic mass is 16.5. The Labute approximate surface area is 150 Å². The Morgan fingerprint density at radius 1 is 1.44 bits per heavy atom. The number of hydrogen-bond donors (Lipinski definition) is 1. The van der Waals surface area contributed by atoms with Gasteiger partial charge in [0.2, 0.25) is 0 Å². The Kier molecular flexibility index (Phi) is 5.89. The molecule has 0 amide bonds. The molecule has 0 heterocycles. The number of hydrogen-bond acceptors (Lipinski definition) is 3. The molecule has 2 unspecified atom stereocenters. The number of benzene rings is 1. The lowest BCUT2D eigenvalue weighted by atomic mass is 9.80. The summed E-state index contributed by atoms with van der Waals surface area (Å²) in [6, 6.07) is 5.61. The van der Waals surface area contributed by atoms with Crippen molar-refractivity contribution in [2.75, 3.05) is 0 Å². The summed E-state index contributed by atoms with van der Waals surface area (Å²) in [4.78, 5) is 11.3. The third kappa shape index (κ3) is 5.09. The number of carbonyl (C=O) groups is 1. The average molecular weight is 340 g/mol. The van der Waals surface area contributed by atoms with Crippen LogP contribution in [0.1, 0.15) is 51.2 Å². The van der Waals surface area contributed by atoms with E-state index in [-0.39, 0.29) is 17.4 Å². The normalized spacial score (nSPS) is 18.4. The van der Waals surface area contributed by atoms with E-state index in [1.54, 1.807) is 6.07 Å². The van der Waals surface area contributed by atoms with Gasteiger partial charge in [-0.2, -0.15) is 0 Å². The topological polar surface area (TPSA) is 46.5 Å². The molecule has 3 nitrogen and oxygen atoms in total. The summed E-state index contributed by atoms with van der Waals surface area (Å²) in [5, 5.41) is 10.3. The minimum atomic E-state index is -0.415. The predicted octanol–water partition coefficient (Wildman–Crippen LogP) is 5.07. The molecular formula is C22H28O3. The van der Waals surface area contributed by atoms with Crippen LogP contribution < -0.4 is 0 Å². The third-order valence-corrected chi connectivity index (χ3v) is 4.46. The molecule has 1 aromatic carbocycles. The summed E-state index contributed by atoms with van der Waals surface area (Å²) in [6.07, 6.45) is 9.00. The van der Waals surface area contributed by atoms with Crippen molar-refractivity contribution in [3.63, 3.8) is 0 Å². The number of carbonyl (C=O) groups excluding carboxylic acids is 1. The molecule has 0 saturated heterocycles. The lowest BCUT2D eigenvalue weighted by Crippen LogP contribution is -2.16. The molecule has 134 valence electrons. The molecule has 1 aliphatic carbocycles. The van der Waals surface area contributed by atoms with Gasteiger partial charge in [0.1, 0.15) is 11.9 Å². The van der Waals surface area contributed by atoms with Crippen LogP contribution in [0.25, 0.3) is 0 Å². The number of phenols is 1. The Balaban J connectivity index is 2.13. The standard InChI is InChI=1S/C22H28O3/c1-6-21(24)25-15(2)13-16-7-12-20(23)19(14-16)17-8-10-18(11-9-17)22(3,4)5/h6-8,10-12,14-15,17,23H,1,9,13H2,2-5H3. The average Bonchev–Trinajstić information content (AvgIpc) is 2.55. The van der Waals surface area contributed by atoms with E-state index in [0.717, 1.165) is 17.5 Å². The largest absolute Gasteiger partial charge is 0.508 e. The molecular weight excluding hydrogens is 312 g/mol. The van der Waals surface area contributed by atoms with Crippen LogP contribution >= 0.6 is 0 Å². The van der Waals surface area contributed by atoms with Crippen molar-refractivity contribution in [3.8, 4) is 5.75 Å². The van der Waals surface area contributed by atoms with E-state index in [1.807, 2.05) is 19.1 Å². The monoisotopic (exact) mass is 340 g/mol. The third-order valence-electron chi connectivity index (χ3n) is 4.46. The number of esters is 1. The van der Waals surface area contributed by atoms with Gasteiger partial charge < -0.3 is 9.84 Å². The molecule has 1 N–H and O–H groups in total. The Bertz CT molecular complexity index is 704. The quantitative estimate of drug-likeness (QED) is 0.601. The molecule has 0 aromatic heterocycles. The molecule has 0 radical (unpaired) electrons. The first kappa shape index (κ1) is 19.0. The number of ether oxygens (including phenoxy) is 1. The Morgan fingerprint density at radius 2 is 2.16 bits per heavy atom. The molecule has 2 rings (SSSR count). The molecule has 1 aliphatic rings. The van der Waals surface area contributed by atoms with Crippen molar-refractivity contribution < 1.29 is 14.6 Å². The second-order valence-electron chi connectivity index (χ2n) is 7.66. The molecule has 25 heavy (non-hydrogen) atoms. The van der Waals surface area contributed by atoms with Gasteiger partial charge >= 0.3 is 5.97 Å². The number of aromatic hydroxyl groups is 1. The summed E-state index contributed by atoms with van der Waals surface area (Å²) in [5.41, 5.74) is 3.41. The first-order valence-corrected chi connectivity index (χ1v) is 8.74. The van der Waals surface area contributed by atoms with Crippen LogP contribution in [0.3, 0.4) is 0 Å². The molecule has 1 aromatic rings. The molecule has 0 aliphatic heterocycles. The van der Waals surface area contributed by atoms with Crippen LogP contribution in [-0.4, -0.2) is 17.2 Å². The van der Waals surface area contributed by atoms with Crippen molar-refractivity contribution in [2.45, 2.75) is 52.6 Å². The van der Waals surface area contributed by atoms with Crippen LogP contribution in [0.2, 0.25) is 0 Å². The van der Waals surface area contributed by atoms with Gasteiger partial charge in [-0.05, 0) is 36.0 Å². The second kappa shape index (κ2) is 7.73. The summed E-state index contributed by atoms with van der Waals surface area (Å²) in [7, 11) is 0. The predicted molar refractivity (Wildman–Crippen MR) is 102 cm³/mol. The van der Waals surface area contributed by atoms with Crippen molar-refractivity contribution in [1.82, 2.24) is 0 Å². The SMILES string of the molecule is C=CC(=O)OC(C)Cc1ccc(O)c(C2C=CC(C(C)(C)C)=CC2)c1. The van der Waals surface area contributed by atoms with Crippen LogP contribution in [0.15, 0.2) is 54.7 Å². The summed E-state index contributed by atoms with van der Waals surface area (Å²) < 4.78 is 5.23. The van der Waals surface area contributed by atoms with E-state index in [0.29, 0.717) is 12.2 Å². The highest BCUT2D eigenvalue weighted by molar-refractivity contribution is 5.81. The van der Waals surface area contributed by atoms with Crippen molar-refractivity contribution >= 4 is 5.97 Å². The van der Waals surface area contributed by atoms with Gasteiger partial charge in [0, 0.05) is 24.0 Å². The molecule has 0 bridgehead atoms. The number of rotatable bonds is 5. The lowest BCUT2D eigenvalue weighted by Gasteiger charge is -2.26. The maximum atomic E-state index is 11.3. The van der Waals surface area contributed by atoms with Gasteiger partial charge in [-0.3, -0.25) is 0 Å². The van der Waals surface area contributed by atoms with Crippen LogP contribution in [0.5, 0.6) is 5.75 Å². The molecule has 2 atom stereocenters. The minimum absolute atomic E-state index is 0.135. The van der Waals surface area contributed by atoms with E-state index in [1.165, 1.54) is 11.6 Å². The smallest absolute Gasteiger partial charge is 0.330 e. The van der Waals surface area contributed by atoms with E-state index >= 15 is 0 Å². The first-order chi connectivity index (χ1) is 11.7. The summed E-state index contributed by atoms with van der Waals surface area (Å²) >= 11 is 0. The van der Waals surface area contributed by atoms with E-state index in [2.05, 4.69) is 45.6 Å². The molecule has 0 saturated carbocycles. The van der Waals surface area contributed by atoms with Gasteiger partial charge in [0.05, 0.1) is 0 Å². The van der Waals surface area contributed by atoms with Crippen molar-refractivity contribution in [2.24, 2.45) is 5.41 Å². The summed E-state index contributed by atoms with van der Waals surface area (Å²) in [5.74, 6) is 0.0559.